The number of ether oxygens (including phenoxy) is 1. The summed E-state index contributed by atoms with van der Waals surface area (Å²) in [5.41, 5.74) is 0.653. The second kappa shape index (κ2) is 3.00. The Bertz CT molecular complexity index is 492. The van der Waals surface area contributed by atoms with Crippen LogP contribution in [0.15, 0.2) is 35.6 Å². The quantitative estimate of drug-likeness (QED) is 0.686. The summed E-state index contributed by atoms with van der Waals surface area (Å²) in [7, 11) is -4.17. The minimum Gasteiger partial charge on any atom is -0.461 e. The lowest BCUT2D eigenvalue weighted by Crippen LogP contribution is -2.03. The molecular formula is C8H7NO4S. The third-order valence-corrected chi connectivity index (χ3v) is 2.60. The van der Waals surface area contributed by atoms with E-state index in [9.17, 15) is 8.42 Å². The van der Waals surface area contributed by atoms with Crippen LogP contribution < -0.4 is 10.1 Å². The molecule has 1 aliphatic heterocycles. The van der Waals surface area contributed by atoms with E-state index in [2.05, 4.69) is 5.32 Å². The Kier molecular flexibility index (Phi) is 1.94. The molecule has 0 spiro atoms. The van der Waals surface area contributed by atoms with Crippen LogP contribution in [0.25, 0.3) is 0 Å². The Balaban J connectivity index is 2.52. The van der Waals surface area contributed by atoms with Crippen molar-refractivity contribution in [3.05, 3.63) is 30.7 Å². The first-order chi connectivity index (χ1) is 6.57. The zero-order valence-electron chi connectivity index (χ0n) is 6.97. The van der Waals surface area contributed by atoms with Crippen molar-refractivity contribution in [3.8, 4) is 5.75 Å². The Morgan fingerprint density at radius 2 is 2.14 bits per heavy atom. The van der Waals surface area contributed by atoms with Crippen molar-refractivity contribution in [3.63, 3.8) is 0 Å². The highest BCUT2D eigenvalue weighted by molar-refractivity contribution is 7.85. The van der Waals surface area contributed by atoms with Gasteiger partial charge in [0.2, 0.25) is 0 Å². The van der Waals surface area contributed by atoms with Crippen LogP contribution in [0, 0.1) is 0 Å². The number of hydrogen-bond acceptors (Lipinski definition) is 4. The number of nitrogens with one attached hydrogen (secondary N) is 1. The summed E-state index contributed by atoms with van der Waals surface area (Å²) >= 11 is 0. The molecule has 0 atom stereocenters. The number of benzene rings is 1. The summed E-state index contributed by atoms with van der Waals surface area (Å²) in [6, 6.07) is 4.06. The molecule has 0 bridgehead atoms. The van der Waals surface area contributed by atoms with Crippen LogP contribution >= 0.6 is 0 Å². The van der Waals surface area contributed by atoms with E-state index >= 15 is 0 Å². The molecule has 6 heteroatoms. The van der Waals surface area contributed by atoms with Gasteiger partial charge in [0.05, 0.1) is 10.6 Å². The first-order valence-corrected chi connectivity index (χ1v) is 5.21. The second-order valence-electron chi connectivity index (χ2n) is 2.70. The van der Waals surface area contributed by atoms with Gasteiger partial charge in [0, 0.05) is 12.3 Å². The van der Waals surface area contributed by atoms with Crippen LogP contribution in [0.2, 0.25) is 0 Å². The predicted molar refractivity (Wildman–Crippen MR) is 49.6 cm³/mol. The van der Waals surface area contributed by atoms with E-state index < -0.39 is 10.1 Å². The van der Waals surface area contributed by atoms with Crippen molar-refractivity contribution >= 4 is 15.8 Å². The fourth-order valence-corrected chi connectivity index (χ4v) is 1.61. The normalized spacial score (nSPS) is 14.1. The SMILES string of the molecule is O=S(=O)(O)c1ccc2c(c1)OC=CN2. The van der Waals surface area contributed by atoms with E-state index in [0.29, 0.717) is 11.4 Å². The zero-order valence-corrected chi connectivity index (χ0v) is 7.78. The van der Waals surface area contributed by atoms with E-state index in [-0.39, 0.29) is 4.90 Å². The molecule has 0 aromatic heterocycles. The van der Waals surface area contributed by atoms with Crippen molar-refractivity contribution in [2.45, 2.75) is 4.90 Å². The molecule has 0 fully saturated rings. The molecule has 5 nitrogen and oxygen atoms in total. The van der Waals surface area contributed by atoms with Gasteiger partial charge in [-0.15, -0.1) is 0 Å². The molecule has 0 amide bonds. The minimum atomic E-state index is -4.17. The van der Waals surface area contributed by atoms with Gasteiger partial charge in [-0.3, -0.25) is 4.55 Å². The summed E-state index contributed by atoms with van der Waals surface area (Å²) < 4.78 is 35.4. The van der Waals surface area contributed by atoms with Crippen molar-refractivity contribution in [1.29, 1.82) is 0 Å². The van der Waals surface area contributed by atoms with Gasteiger partial charge >= 0.3 is 0 Å². The third-order valence-electron chi connectivity index (χ3n) is 1.75. The van der Waals surface area contributed by atoms with Crippen molar-refractivity contribution < 1.29 is 17.7 Å². The Morgan fingerprint density at radius 1 is 1.36 bits per heavy atom. The predicted octanol–water partition coefficient (Wildman–Crippen LogP) is 1.21. The van der Waals surface area contributed by atoms with Crippen LogP contribution in [0.3, 0.4) is 0 Å². The van der Waals surface area contributed by atoms with Crippen LogP contribution in [-0.4, -0.2) is 13.0 Å². The van der Waals surface area contributed by atoms with E-state index in [4.69, 9.17) is 9.29 Å². The molecular weight excluding hydrogens is 206 g/mol. The smallest absolute Gasteiger partial charge is 0.294 e. The molecule has 0 radical (unpaired) electrons. The molecule has 1 heterocycles. The van der Waals surface area contributed by atoms with Gasteiger partial charge in [0.1, 0.15) is 6.26 Å². The van der Waals surface area contributed by atoms with Gasteiger partial charge in [0.25, 0.3) is 10.1 Å². The Morgan fingerprint density at radius 3 is 2.86 bits per heavy atom. The average Bonchev–Trinajstić information content (AvgIpc) is 2.16. The number of anilines is 1. The maximum atomic E-state index is 10.8. The standard InChI is InChI=1S/C8H7NO4S/c10-14(11,12)6-1-2-7-8(5-6)13-4-3-9-7/h1-5,9H,(H,10,11,12). The van der Waals surface area contributed by atoms with E-state index in [1.807, 2.05) is 0 Å². The third kappa shape index (κ3) is 1.57. The maximum Gasteiger partial charge on any atom is 0.294 e. The number of hydrogen-bond donors (Lipinski definition) is 2. The monoisotopic (exact) mass is 213 g/mol. The molecule has 0 saturated heterocycles. The van der Waals surface area contributed by atoms with Gasteiger partial charge in [-0.2, -0.15) is 8.42 Å². The molecule has 2 N–H and O–H groups in total. The topological polar surface area (TPSA) is 75.6 Å². The van der Waals surface area contributed by atoms with E-state index in [1.54, 1.807) is 6.20 Å². The van der Waals surface area contributed by atoms with Crippen molar-refractivity contribution in [1.82, 2.24) is 0 Å². The summed E-state index contributed by atoms with van der Waals surface area (Å²) in [5.74, 6) is 0.364. The lowest BCUT2D eigenvalue weighted by atomic mass is 10.3. The molecule has 2 rings (SSSR count). The van der Waals surface area contributed by atoms with Gasteiger partial charge in [-0.05, 0) is 12.1 Å². The average molecular weight is 213 g/mol. The van der Waals surface area contributed by atoms with Crippen molar-refractivity contribution in [2.75, 3.05) is 5.32 Å². The highest BCUT2D eigenvalue weighted by Crippen LogP contribution is 2.29. The first kappa shape index (κ1) is 9.04. The van der Waals surface area contributed by atoms with Crippen LogP contribution in [0.4, 0.5) is 5.69 Å². The van der Waals surface area contributed by atoms with Crippen molar-refractivity contribution in [2.24, 2.45) is 0 Å². The van der Waals surface area contributed by atoms with Gasteiger partial charge in [0.15, 0.2) is 5.75 Å². The molecule has 0 unspecified atom stereocenters. The maximum absolute atomic E-state index is 10.8. The first-order valence-electron chi connectivity index (χ1n) is 3.77. The largest absolute Gasteiger partial charge is 0.461 e. The summed E-state index contributed by atoms with van der Waals surface area (Å²) in [4.78, 5) is -0.187. The molecule has 1 aromatic rings. The molecule has 1 aliphatic rings. The fourth-order valence-electron chi connectivity index (χ4n) is 1.11. The minimum absolute atomic E-state index is 0.187. The molecule has 74 valence electrons. The van der Waals surface area contributed by atoms with Gasteiger partial charge in [-0.1, -0.05) is 0 Å². The highest BCUT2D eigenvalue weighted by Gasteiger charge is 2.14. The van der Waals surface area contributed by atoms with Crippen LogP contribution in [-0.2, 0) is 10.1 Å². The number of rotatable bonds is 1. The number of fused-ring (bicyclic) bond motifs is 1. The van der Waals surface area contributed by atoms with Crippen LogP contribution in [0.1, 0.15) is 0 Å². The van der Waals surface area contributed by atoms with Gasteiger partial charge in [-0.25, -0.2) is 0 Å². The van der Waals surface area contributed by atoms with Gasteiger partial charge < -0.3 is 10.1 Å². The summed E-state index contributed by atoms with van der Waals surface area (Å²) in [6.45, 7) is 0. The molecule has 1 aromatic carbocycles. The Labute approximate surface area is 80.8 Å². The molecule has 0 saturated carbocycles. The summed E-state index contributed by atoms with van der Waals surface area (Å²) in [6.07, 6.45) is 2.96. The zero-order chi connectivity index (χ0) is 10.2. The lowest BCUT2D eigenvalue weighted by molar-refractivity contribution is 0.468. The Hall–Kier alpha value is -1.53. The fraction of sp³-hybridized carbons (Fsp3) is 0. The van der Waals surface area contributed by atoms with E-state index in [1.165, 1.54) is 24.5 Å². The van der Waals surface area contributed by atoms with E-state index in [0.717, 1.165) is 0 Å². The highest BCUT2D eigenvalue weighted by atomic mass is 32.2. The summed E-state index contributed by atoms with van der Waals surface area (Å²) in [5, 5.41) is 2.86. The van der Waals surface area contributed by atoms with Crippen LogP contribution in [0.5, 0.6) is 5.75 Å². The lowest BCUT2D eigenvalue weighted by Gasteiger charge is -2.13. The molecule has 14 heavy (non-hydrogen) atoms. The second-order valence-corrected chi connectivity index (χ2v) is 4.12. The molecule has 0 aliphatic carbocycles.